The van der Waals surface area contributed by atoms with Gasteiger partial charge in [0.15, 0.2) is 0 Å². The van der Waals surface area contributed by atoms with Crippen LogP contribution in [0.15, 0.2) is 12.7 Å². The molecular formula is C6H12ClO3P. The monoisotopic (exact) mass is 198 g/mol. The summed E-state index contributed by atoms with van der Waals surface area (Å²) in [6, 6.07) is 0. The molecule has 0 aromatic carbocycles. The SMILES string of the molecule is C=CC(Cl)CP(=O)(OC)OC. The van der Waals surface area contributed by atoms with Gasteiger partial charge in [-0.2, -0.15) is 0 Å². The number of allylic oxidation sites excluding steroid dienone is 1. The molecule has 0 bridgehead atoms. The summed E-state index contributed by atoms with van der Waals surface area (Å²) in [6.45, 7) is 3.45. The Morgan fingerprint density at radius 1 is 1.64 bits per heavy atom. The molecule has 0 aromatic heterocycles. The Hall–Kier alpha value is 0.180. The van der Waals surface area contributed by atoms with Crippen molar-refractivity contribution in [3.8, 4) is 0 Å². The number of hydrogen-bond acceptors (Lipinski definition) is 3. The molecule has 0 radical (unpaired) electrons. The van der Waals surface area contributed by atoms with Crippen molar-refractivity contribution < 1.29 is 13.6 Å². The maximum absolute atomic E-state index is 11.3. The van der Waals surface area contributed by atoms with Gasteiger partial charge in [-0.05, 0) is 0 Å². The van der Waals surface area contributed by atoms with Gasteiger partial charge in [-0.25, -0.2) is 0 Å². The summed E-state index contributed by atoms with van der Waals surface area (Å²) in [5.41, 5.74) is 0. The Morgan fingerprint density at radius 2 is 2.09 bits per heavy atom. The van der Waals surface area contributed by atoms with Crippen molar-refractivity contribution in [2.45, 2.75) is 5.38 Å². The minimum absolute atomic E-state index is 0.158. The molecule has 0 amide bonds. The topological polar surface area (TPSA) is 35.5 Å². The minimum Gasteiger partial charge on any atom is -0.312 e. The summed E-state index contributed by atoms with van der Waals surface area (Å²) < 4.78 is 20.7. The van der Waals surface area contributed by atoms with Crippen LogP contribution in [0, 0.1) is 0 Å². The predicted molar refractivity (Wildman–Crippen MR) is 46.3 cm³/mol. The normalized spacial score (nSPS) is 14.5. The highest BCUT2D eigenvalue weighted by Gasteiger charge is 2.23. The lowest BCUT2D eigenvalue weighted by Gasteiger charge is -2.14. The average Bonchev–Trinajstić information content (AvgIpc) is 2.04. The van der Waals surface area contributed by atoms with E-state index >= 15 is 0 Å². The van der Waals surface area contributed by atoms with Crippen LogP contribution in [0.2, 0.25) is 0 Å². The van der Waals surface area contributed by atoms with Crippen molar-refractivity contribution >= 4 is 19.2 Å². The molecule has 0 fully saturated rings. The third kappa shape index (κ3) is 3.92. The fraction of sp³-hybridized carbons (Fsp3) is 0.667. The highest BCUT2D eigenvalue weighted by Crippen LogP contribution is 2.47. The largest absolute Gasteiger partial charge is 0.331 e. The van der Waals surface area contributed by atoms with Gasteiger partial charge in [-0.1, -0.05) is 6.08 Å². The van der Waals surface area contributed by atoms with Crippen LogP contribution >= 0.6 is 19.2 Å². The molecule has 0 heterocycles. The number of hydrogen-bond donors (Lipinski definition) is 0. The van der Waals surface area contributed by atoms with Crippen molar-refractivity contribution in [3.05, 3.63) is 12.7 Å². The van der Waals surface area contributed by atoms with Gasteiger partial charge in [-0.3, -0.25) is 4.57 Å². The van der Waals surface area contributed by atoms with E-state index in [9.17, 15) is 4.57 Å². The Balaban J connectivity index is 4.08. The zero-order chi connectivity index (χ0) is 8.91. The van der Waals surface area contributed by atoms with Crippen molar-refractivity contribution in [2.75, 3.05) is 20.4 Å². The summed E-state index contributed by atoms with van der Waals surface area (Å²) >= 11 is 5.66. The first-order chi connectivity index (χ1) is 5.08. The highest BCUT2D eigenvalue weighted by molar-refractivity contribution is 7.54. The van der Waals surface area contributed by atoms with Crippen molar-refractivity contribution in [1.29, 1.82) is 0 Å². The molecule has 1 atom stereocenters. The second-order valence-corrected chi connectivity index (χ2v) is 4.79. The Bertz CT molecular complexity index is 163. The Labute approximate surface area is 71.9 Å². The van der Waals surface area contributed by atoms with Crippen LogP contribution in [0.1, 0.15) is 0 Å². The van der Waals surface area contributed by atoms with E-state index in [1.165, 1.54) is 20.3 Å². The van der Waals surface area contributed by atoms with Crippen LogP contribution in [0.4, 0.5) is 0 Å². The van der Waals surface area contributed by atoms with Crippen LogP contribution < -0.4 is 0 Å². The molecule has 0 aromatic rings. The van der Waals surface area contributed by atoms with Gasteiger partial charge >= 0.3 is 7.60 Å². The second-order valence-electron chi connectivity index (χ2n) is 1.91. The van der Waals surface area contributed by atoms with Gasteiger partial charge in [0.25, 0.3) is 0 Å². The Kier molecular flexibility index (Phi) is 5.02. The molecule has 1 unspecified atom stereocenters. The highest BCUT2D eigenvalue weighted by atomic mass is 35.5. The zero-order valence-corrected chi connectivity index (χ0v) is 8.27. The zero-order valence-electron chi connectivity index (χ0n) is 6.62. The molecule has 0 rings (SSSR count). The first-order valence-corrected chi connectivity index (χ1v) is 5.21. The summed E-state index contributed by atoms with van der Waals surface area (Å²) in [5, 5.41) is -0.374. The van der Waals surface area contributed by atoms with E-state index in [1.54, 1.807) is 0 Å². The third-order valence-electron chi connectivity index (χ3n) is 1.21. The molecule has 0 saturated carbocycles. The molecule has 0 aliphatic heterocycles. The van der Waals surface area contributed by atoms with E-state index < -0.39 is 7.60 Å². The Morgan fingerprint density at radius 3 is 2.36 bits per heavy atom. The molecule has 3 nitrogen and oxygen atoms in total. The van der Waals surface area contributed by atoms with Gasteiger partial charge in [0.1, 0.15) is 0 Å². The second kappa shape index (κ2) is 4.94. The number of halogens is 1. The first kappa shape index (κ1) is 11.2. The van der Waals surface area contributed by atoms with E-state index in [2.05, 4.69) is 15.6 Å². The van der Waals surface area contributed by atoms with Gasteiger partial charge in [0.05, 0.1) is 11.5 Å². The summed E-state index contributed by atoms with van der Waals surface area (Å²) in [6.07, 6.45) is 1.65. The maximum Gasteiger partial charge on any atom is 0.331 e. The van der Waals surface area contributed by atoms with E-state index in [4.69, 9.17) is 11.6 Å². The molecule has 5 heteroatoms. The van der Waals surface area contributed by atoms with Gasteiger partial charge < -0.3 is 9.05 Å². The van der Waals surface area contributed by atoms with Crippen molar-refractivity contribution in [2.24, 2.45) is 0 Å². The minimum atomic E-state index is -2.96. The predicted octanol–water partition coefficient (Wildman–Crippen LogP) is 2.27. The van der Waals surface area contributed by atoms with Gasteiger partial charge in [0.2, 0.25) is 0 Å². The van der Waals surface area contributed by atoms with E-state index in [-0.39, 0.29) is 11.5 Å². The summed E-state index contributed by atoms with van der Waals surface area (Å²) in [5.74, 6) is 0. The standard InChI is InChI=1S/C6H12ClO3P/c1-4-6(7)5-11(8,9-2)10-3/h4,6H,1,5H2,2-3H3. The smallest absolute Gasteiger partial charge is 0.312 e. The van der Waals surface area contributed by atoms with E-state index in [0.29, 0.717) is 0 Å². The molecule has 0 spiro atoms. The summed E-state index contributed by atoms with van der Waals surface area (Å²) in [4.78, 5) is 0. The first-order valence-electron chi connectivity index (χ1n) is 3.05. The molecular weight excluding hydrogens is 186 g/mol. The van der Waals surface area contributed by atoms with Crippen LogP contribution in [0.25, 0.3) is 0 Å². The fourth-order valence-corrected chi connectivity index (χ4v) is 2.04. The molecule has 0 saturated heterocycles. The van der Waals surface area contributed by atoms with E-state index in [0.717, 1.165) is 0 Å². The van der Waals surface area contributed by atoms with Gasteiger partial charge in [0, 0.05) is 14.2 Å². The molecule has 0 aliphatic rings. The lowest BCUT2D eigenvalue weighted by molar-refractivity contribution is 0.276. The van der Waals surface area contributed by atoms with Crippen LogP contribution in [0.3, 0.4) is 0 Å². The maximum atomic E-state index is 11.3. The van der Waals surface area contributed by atoms with Crippen LogP contribution in [0.5, 0.6) is 0 Å². The molecule has 0 aliphatic carbocycles. The quantitative estimate of drug-likeness (QED) is 0.386. The van der Waals surface area contributed by atoms with Crippen molar-refractivity contribution in [1.82, 2.24) is 0 Å². The average molecular weight is 199 g/mol. The van der Waals surface area contributed by atoms with Crippen molar-refractivity contribution in [3.63, 3.8) is 0 Å². The van der Waals surface area contributed by atoms with E-state index in [1.807, 2.05) is 0 Å². The fourth-order valence-electron chi connectivity index (χ4n) is 0.512. The lowest BCUT2D eigenvalue weighted by Crippen LogP contribution is -2.04. The van der Waals surface area contributed by atoms with Crippen LogP contribution in [-0.4, -0.2) is 25.8 Å². The molecule has 11 heavy (non-hydrogen) atoms. The number of rotatable bonds is 5. The number of alkyl halides is 1. The van der Waals surface area contributed by atoms with Crippen LogP contribution in [-0.2, 0) is 13.6 Å². The molecule has 0 N–H and O–H groups in total. The third-order valence-corrected chi connectivity index (χ3v) is 3.71. The lowest BCUT2D eigenvalue weighted by atomic mass is 10.5. The van der Waals surface area contributed by atoms with Gasteiger partial charge in [-0.15, -0.1) is 18.2 Å². The molecule has 66 valence electrons. The summed E-state index contributed by atoms with van der Waals surface area (Å²) in [7, 11) is -0.296.